The summed E-state index contributed by atoms with van der Waals surface area (Å²) < 4.78 is 80.0. The molecule has 0 saturated carbocycles. The summed E-state index contributed by atoms with van der Waals surface area (Å²) in [6, 6.07) is 0. The lowest BCUT2D eigenvalue weighted by atomic mass is 10.3. The zero-order chi connectivity index (χ0) is 16.0. The average molecular weight is 324 g/mol. The number of alkyl halides is 3. The SMILES string of the molecule is COC(C)CCOC(=O)OCC(F)C(F)(F)S(=O)(=O)O. The molecule has 0 spiro atoms. The van der Waals surface area contributed by atoms with Gasteiger partial charge < -0.3 is 14.2 Å². The highest BCUT2D eigenvalue weighted by Gasteiger charge is 2.53. The van der Waals surface area contributed by atoms with Gasteiger partial charge in [-0.25, -0.2) is 9.18 Å². The Morgan fingerprint density at radius 1 is 1.35 bits per heavy atom. The second-order valence-corrected chi connectivity index (χ2v) is 5.24. The summed E-state index contributed by atoms with van der Waals surface area (Å²) in [6.07, 6.45) is -4.78. The van der Waals surface area contributed by atoms with Crippen molar-refractivity contribution in [2.45, 2.75) is 30.9 Å². The molecule has 20 heavy (non-hydrogen) atoms. The van der Waals surface area contributed by atoms with Crippen molar-refractivity contribution in [1.29, 1.82) is 0 Å². The van der Waals surface area contributed by atoms with Gasteiger partial charge in [-0.2, -0.15) is 17.2 Å². The predicted octanol–water partition coefficient (Wildman–Crippen LogP) is 1.38. The van der Waals surface area contributed by atoms with Crippen LogP contribution in [0.1, 0.15) is 13.3 Å². The Kier molecular flexibility index (Phi) is 7.23. The third kappa shape index (κ3) is 5.92. The number of halogens is 3. The Morgan fingerprint density at radius 2 is 1.90 bits per heavy atom. The Bertz CT molecular complexity index is 412. The molecule has 0 fully saturated rings. The zero-order valence-electron chi connectivity index (χ0n) is 10.7. The summed E-state index contributed by atoms with van der Waals surface area (Å²) in [5, 5.41) is -5.07. The lowest BCUT2D eigenvalue weighted by molar-refractivity contribution is -0.0428. The van der Waals surface area contributed by atoms with Gasteiger partial charge in [-0.15, -0.1) is 0 Å². The molecule has 0 radical (unpaired) electrons. The molecule has 0 aliphatic rings. The van der Waals surface area contributed by atoms with Crippen LogP contribution < -0.4 is 0 Å². The van der Waals surface area contributed by atoms with E-state index >= 15 is 0 Å². The minimum Gasteiger partial charge on any atom is -0.434 e. The number of rotatable bonds is 8. The minimum atomic E-state index is -5.94. The number of ether oxygens (including phenoxy) is 3. The van der Waals surface area contributed by atoms with Gasteiger partial charge in [0.25, 0.3) is 0 Å². The molecular weight excluding hydrogens is 309 g/mol. The molecule has 7 nitrogen and oxygen atoms in total. The maximum atomic E-state index is 12.9. The minimum absolute atomic E-state index is 0.153. The Morgan fingerprint density at radius 3 is 2.35 bits per heavy atom. The van der Waals surface area contributed by atoms with Crippen LogP contribution in [-0.4, -0.2) is 57.0 Å². The Hall–Kier alpha value is -1.07. The standard InChI is InChI=1S/C9H15F3O7S/c1-6(17-2)3-4-18-8(13)19-5-7(10)9(11,12)20(14,15)16/h6-7H,3-5H2,1-2H3,(H,14,15,16). The van der Waals surface area contributed by atoms with E-state index in [1.165, 1.54) is 7.11 Å². The highest BCUT2D eigenvalue weighted by Crippen LogP contribution is 2.27. The first kappa shape index (κ1) is 18.9. The topological polar surface area (TPSA) is 99.1 Å². The fraction of sp³-hybridized carbons (Fsp3) is 0.889. The van der Waals surface area contributed by atoms with Gasteiger partial charge in [0.15, 0.2) is 0 Å². The molecule has 2 unspecified atom stereocenters. The number of hydrogen-bond donors (Lipinski definition) is 1. The van der Waals surface area contributed by atoms with Crippen LogP contribution in [-0.2, 0) is 24.3 Å². The number of hydrogen-bond acceptors (Lipinski definition) is 6. The molecule has 2 atom stereocenters. The van der Waals surface area contributed by atoms with Crippen LogP contribution in [0.5, 0.6) is 0 Å². The summed E-state index contributed by atoms with van der Waals surface area (Å²) in [5.41, 5.74) is 0. The fourth-order valence-corrected chi connectivity index (χ4v) is 1.26. The van der Waals surface area contributed by atoms with Gasteiger partial charge in [0.05, 0.1) is 12.7 Å². The normalized spacial score (nSPS) is 15.5. The third-order valence-electron chi connectivity index (χ3n) is 2.20. The number of carbonyl (C=O) groups excluding carboxylic acids is 1. The summed E-state index contributed by atoms with van der Waals surface area (Å²) >= 11 is 0. The first-order valence-electron chi connectivity index (χ1n) is 5.33. The van der Waals surface area contributed by atoms with Gasteiger partial charge in [-0.05, 0) is 6.92 Å². The van der Waals surface area contributed by atoms with Crippen molar-refractivity contribution in [2.24, 2.45) is 0 Å². The van der Waals surface area contributed by atoms with E-state index < -0.39 is 34.3 Å². The van der Waals surface area contributed by atoms with E-state index in [2.05, 4.69) is 9.47 Å². The fourth-order valence-electron chi connectivity index (χ4n) is 0.868. The van der Waals surface area contributed by atoms with Gasteiger partial charge in [0.2, 0.25) is 6.17 Å². The van der Waals surface area contributed by atoms with Crippen LogP contribution in [0.2, 0.25) is 0 Å². The van der Waals surface area contributed by atoms with Gasteiger partial charge >= 0.3 is 21.5 Å². The average Bonchev–Trinajstić information content (AvgIpc) is 2.34. The van der Waals surface area contributed by atoms with Gasteiger partial charge in [0, 0.05) is 13.5 Å². The molecule has 0 aromatic carbocycles. The molecule has 0 aromatic heterocycles. The number of carbonyl (C=O) groups is 1. The van der Waals surface area contributed by atoms with Gasteiger partial charge in [-0.1, -0.05) is 0 Å². The molecule has 0 aliphatic heterocycles. The van der Waals surface area contributed by atoms with Crippen LogP contribution in [0, 0.1) is 0 Å². The first-order chi connectivity index (χ1) is 9.02. The molecule has 0 saturated heterocycles. The van der Waals surface area contributed by atoms with E-state index in [4.69, 9.17) is 9.29 Å². The highest BCUT2D eigenvalue weighted by atomic mass is 32.2. The second-order valence-electron chi connectivity index (χ2n) is 3.75. The largest absolute Gasteiger partial charge is 0.508 e. The second kappa shape index (κ2) is 7.64. The molecule has 120 valence electrons. The summed E-state index contributed by atoms with van der Waals surface area (Å²) in [4.78, 5) is 10.9. The van der Waals surface area contributed by atoms with Crippen molar-refractivity contribution in [3.63, 3.8) is 0 Å². The number of methoxy groups -OCH3 is 1. The Labute approximate surface area is 113 Å². The van der Waals surface area contributed by atoms with Crippen molar-refractivity contribution in [2.75, 3.05) is 20.3 Å². The smallest absolute Gasteiger partial charge is 0.434 e. The third-order valence-corrected chi connectivity index (χ3v) is 3.15. The molecule has 1 N–H and O–H groups in total. The molecule has 0 aliphatic carbocycles. The zero-order valence-corrected chi connectivity index (χ0v) is 11.5. The molecule has 11 heteroatoms. The van der Waals surface area contributed by atoms with Crippen LogP contribution in [0.3, 0.4) is 0 Å². The van der Waals surface area contributed by atoms with E-state index in [1.807, 2.05) is 0 Å². The molecular formula is C9H15F3O7S. The van der Waals surface area contributed by atoms with Gasteiger partial charge in [0.1, 0.15) is 6.61 Å². The van der Waals surface area contributed by atoms with Crippen molar-refractivity contribution >= 4 is 16.3 Å². The van der Waals surface area contributed by atoms with E-state index in [0.717, 1.165) is 0 Å². The molecule has 0 rings (SSSR count). The summed E-state index contributed by atoms with van der Waals surface area (Å²) in [5.74, 6) is 0. The first-order valence-corrected chi connectivity index (χ1v) is 6.77. The monoisotopic (exact) mass is 324 g/mol. The quantitative estimate of drug-likeness (QED) is 0.532. The lowest BCUT2D eigenvalue weighted by Crippen LogP contribution is -2.41. The maximum absolute atomic E-state index is 12.9. The maximum Gasteiger partial charge on any atom is 0.508 e. The summed E-state index contributed by atoms with van der Waals surface area (Å²) in [6.45, 7) is -0.0517. The van der Waals surface area contributed by atoms with Crippen LogP contribution >= 0.6 is 0 Å². The summed E-state index contributed by atoms with van der Waals surface area (Å²) in [7, 11) is -4.51. The molecule has 0 aromatic rings. The van der Waals surface area contributed by atoms with Crippen LogP contribution in [0.15, 0.2) is 0 Å². The van der Waals surface area contributed by atoms with Crippen molar-refractivity contribution in [3.8, 4) is 0 Å². The van der Waals surface area contributed by atoms with Crippen LogP contribution in [0.4, 0.5) is 18.0 Å². The predicted molar refractivity (Wildman–Crippen MR) is 59.8 cm³/mol. The van der Waals surface area contributed by atoms with Crippen molar-refractivity contribution in [1.82, 2.24) is 0 Å². The molecule has 0 bridgehead atoms. The van der Waals surface area contributed by atoms with E-state index in [1.54, 1.807) is 6.92 Å². The molecule has 0 amide bonds. The molecule has 0 heterocycles. The van der Waals surface area contributed by atoms with Crippen molar-refractivity contribution < 1.29 is 45.1 Å². The lowest BCUT2D eigenvalue weighted by Gasteiger charge is -2.17. The highest BCUT2D eigenvalue weighted by molar-refractivity contribution is 7.86. The van der Waals surface area contributed by atoms with E-state index in [9.17, 15) is 26.4 Å². The van der Waals surface area contributed by atoms with Gasteiger partial charge in [-0.3, -0.25) is 4.55 Å². The Balaban J connectivity index is 4.13. The van der Waals surface area contributed by atoms with Crippen LogP contribution in [0.25, 0.3) is 0 Å². The van der Waals surface area contributed by atoms with E-state index in [0.29, 0.717) is 6.42 Å². The van der Waals surface area contributed by atoms with E-state index in [-0.39, 0.29) is 12.7 Å². The van der Waals surface area contributed by atoms with Crippen molar-refractivity contribution in [3.05, 3.63) is 0 Å².